The van der Waals surface area contributed by atoms with E-state index < -0.39 is 27.4 Å². The summed E-state index contributed by atoms with van der Waals surface area (Å²) in [4.78, 5) is 12.4. The molecule has 1 aliphatic heterocycles. The molecule has 2 atom stereocenters. The van der Waals surface area contributed by atoms with Gasteiger partial charge in [-0.3, -0.25) is 4.79 Å². The third kappa shape index (κ3) is 2.75. The van der Waals surface area contributed by atoms with Gasteiger partial charge in [0.1, 0.15) is 0 Å². The molecular weight excluding hydrogens is 446 g/mol. The number of fused-ring (bicyclic) bond motifs is 1. The van der Waals surface area contributed by atoms with Gasteiger partial charge in [-0.2, -0.15) is 10.5 Å². The monoisotopic (exact) mass is 459 g/mol. The molecule has 3 rings (SSSR count). The van der Waals surface area contributed by atoms with Gasteiger partial charge in [-0.25, -0.2) is 12.7 Å². The number of nitrogens with zero attached hydrogens (tertiary/aromatic N) is 3. The number of benzene rings is 2. The molecule has 0 N–H and O–H groups in total. The summed E-state index contributed by atoms with van der Waals surface area (Å²) < 4.78 is 33.2. The number of sulfonamides is 1. The Labute approximate surface area is 170 Å². The van der Waals surface area contributed by atoms with Gasteiger partial charge < -0.3 is 4.74 Å². The Hall–Kier alpha value is -2.88. The topological polar surface area (TPSA) is 111 Å². The van der Waals surface area contributed by atoms with E-state index >= 15 is 0 Å². The van der Waals surface area contributed by atoms with E-state index in [1.54, 1.807) is 31.2 Å². The normalized spacial score (nSPS) is 20.5. The van der Waals surface area contributed by atoms with Crippen LogP contribution in [0.4, 0.5) is 5.69 Å². The Balaban J connectivity index is 2.39. The third-order valence-corrected chi connectivity index (χ3v) is 6.86. The largest absolute Gasteiger partial charge is 0.465 e. The Morgan fingerprint density at radius 1 is 1.21 bits per heavy atom. The molecule has 28 heavy (non-hydrogen) atoms. The Morgan fingerprint density at radius 2 is 1.86 bits per heavy atom. The summed E-state index contributed by atoms with van der Waals surface area (Å²) in [6, 6.07) is 15.9. The van der Waals surface area contributed by atoms with E-state index in [2.05, 4.69) is 15.9 Å². The Kier molecular flexibility index (Phi) is 5.16. The lowest BCUT2D eigenvalue weighted by molar-refractivity contribution is -0.147. The first-order chi connectivity index (χ1) is 13.3. The minimum absolute atomic E-state index is 0.00873. The second kappa shape index (κ2) is 7.27. The molecule has 0 saturated heterocycles. The first-order valence-corrected chi connectivity index (χ1v) is 10.5. The van der Waals surface area contributed by atoms with Gasteiger partial charge in [-0.15, -0.1) is 0 Å². The average molecular weight is 460 g/mol. The number of hydrogen-bond donors (Lipinski definition) is 0. The van der Waals surface area contributed by atoms with Crippen molar-refractivity contribution in [2.75, 3.05) is 10.9 Å². The van der Waals surface area contributed by atoms with Gasteiger partial charge in [0.2, 0.25) is 0 Å². The molecular formula is C19H14BrN3O4S. The highest BCUT2D eigenvalue weighted by Crippen LogP contribution is 2.50. The number of ether oxygens (including phenoxy) is 1. The number of hydrogen-bond acceptors (Lipinski definition) is 6. The number of anilines is 1. The lowest BCUT2D eigenvalue weighted by Crippen LogP contribution is -2.51. The number of rotatable bonds is 4. The zero-order valence-corrected chi connectivity index (χ0v) is 17.1. The predicted octanol–water partition coefficient (Wildman–Crippen LogP) is 3.08. The van der Waals surface area contributed by atoms with Gasteiger partial charge in [0.15, 0.2) is 11.5 Å². The highest BCUT2D eigenvalue weighted by Gasteiger charge is 2.62. The van der Waals surface area contributed by atoms with Gasteiger partial charge in [0, 0.05) is 10.0 Å². The molecule has 142 valence electrons. The summed E-state index contributed by atoms with van der Waals surface area (Å²) in [5, 5.41) is 19.9. The fourth-order valence-corrected chi connectivity index (χ4v) is 5.54. The molecule has 1 heterocycles. The van der Waals surface area contributed by atoms with E-state index in [-0.39, 0.29) is 22.8 Å². The molecule has 0 radical (unpaired) electrons. The molecule has 1 aliphatic rings. The van der Waals surface area contributed by atoms with Crippen LogP contribution in [0, 0.1) is 28.6 Å². The van der Waals surface area contributed by atoms with Crippen LogP contribution >= 0.6 is 15.9 Å². The van der Waals surface area contributed by atoms with Crippen molar-refractivity contribution in [1.29, 1.82) is 10.5 Å². The minimum Gasteiger partial charge on any atom is -0.465 e. The lowest BCUT2D eigenvalue weighted by atomic mass is 9.79. The number of halogens is 1. The summed E-state index contributed by atoms with van der Waals surface area (Å²) in [6.45, 7) is 1.56. The summed E-state index contributed by atoms with van der Waals surface area (Å²) >= 11 is 3.28. The molecule has 0 bridgehead atoms. The SMILES string of the molecule is CCOC(=O)C(C#N)C1(C#N)c2ccccc2S(=O)(=O)N1c1ccc(Br)cc1. The smallest absolute Gasteiger partial charge is 0.327 e. The second-order valence-corrected chi connectivity index (χ2v) is 8.61. The van der Waals surface area contributed by atoms with Crippen molar-refractivity contribution in [3.8, 4) is 12.1 Å². The van der Waals surface area contributed by atoms with Crippen molar-refractivity contribution >= 4 is 37.6 Å². The number of nitriles is 2. The van der Waals surface area contributed by atoms with Crippen LogP contribution in [0.15, 0.2) is 57.9 Å². The van der Waals surface area contributed by atoms with Crippen molar-refractivity contribution in [2.24, 2.45) is 5.92 Å². The molecule has 0 spiro atoms. The van der Waals surface area contributed by atoms with E-state index in [1.165, 1.54) is 30.3 Å². The van der Waals surface area contributed by atoms with Crippen molar-refractivity contribution in [3.05, 3.63) is 58.6 Å². The molecule has 0 aromatic heterocycles. The minimum atomic E-state index is -4.20. The Morgan fingerprint density at radius 3 is 2.43 bits per heavy atom. The number of carbonyl (C=O) groups excluding carboxylic acids is 1. The summed E-state index contributed by atoms with van der Waals surface area (Å²) in [6.07, 6.45) is 0. The zero-order valence-electron chi connectivity index (χ0n) is 14.7. The summed E-state index contributed by atoms with van der Waals surface area (Å²) in [5.41, 5.74) is -1.87. The van der Waals surface area contributed by atoms with Gasteiger partial charge in [0.05, 0.1) is 29.3 Å². The van der Waals surface area contributed by atoms with E-state index in [0.29, 0.717) is 4.47 Å². The van der Waals surface area contributed by atoms with Crippen LogP contribution in [0.2, 0.25) is 0 Å². The van der Waals surface area contributed by atoms with E-state index in [1.807, 2.05) is 6.07 Å². The Bertz CT molecular complexity index is 1120. The molecule has 0 aliphatic carbocycles. The van der Waals surface area contributed by atoms with Crippen LogP contribution < -0.4 is 4.31 Å². The average Bonchev–Trinajstić information content (AvgIpc) is 2.88. The highest BCUT2D eigenvalue weighted by molar-refractivity contribution is 9.10. The van der Waals surface area contributed by atoms with Crippen molar-refractivity contribution in [1.82, 2.24) is 0 Å². The van der Waals surface area contributed by atoms with Crippen LogP contribution in [0.5, 0.6) is 0 Å². The fourth-order valence-electron chi connectivity index (χ4n) is 3.31. The van der Waals surface area contributed by atoms with Crippen LogP contribution in [0.1, 0.15) is 12.5 Å². The molecule has 2 aromatic rings. The van der Waals surface area contributed by atoms with Crippen LogP contribution in [-0.4, -0.2) is 21.0 Å². The van der Waals surface area contributed by atoms with Crippen molar-refractivity contribution in [2.45, 2.75) is 17.4 Å². The molecule has 9 heteroatoms. The van der Waals surface area contributed by atoms with E-state index in [9.17, 15) is 23.7 Å². The molecule has 0 fully saturated rings. The predicted molar refractivity (Wildman–Crippen MR) is 103 cm³/mol. The van der Waals surface area contributed by atoms with E-state index in [0.717, 1.165) is 4.31 Å². The van der Waals surface area contributed by atoms with Crippen LogP contribution in [0.3, 0.4) is 0 Å². The fraction of sp³-hybridized carbons (Fsp3) is 0.211. The molecule has 7 nitrogen and oxygen atoms in total. The maximum atomic E-state index is 13.3. The van der Waals surface area contributed by atoms with Gasteiger partial charge in [-0.1, -0.05) is 34.1 Å². The standard InChI is InChI=1S/C19H14BrN3O4S/c1-2-27-18(24)16(11-21)19(12-22)15-5-3-4-6-17(15)28(25,26)23(19)14-9-7-13(20)8-10-14/h3-10,16H,2H2,1H3. The summed E-state index contributed by atoms with van der Waals surface area (Å²) in [5.74, 6) is -2.64. The second-order valence-electron chi connectivity index (χ2n) is 5.93. The maximum absolute atomic E-state index is 13.3. The molecule has 2 aromatic carbocycles. The van der Waals surface area contributed by atoms with Gasteiger partial charge in [-0.05, 0) is 37.3 Å². The van der Waals surface area contributed by atoms with Gasteiger partial charge in [0.25, 0.3) is 10.0 Å². The lowest BCUT2D eigenvalue weighted by Gasteiger charge is -2.35. The zero-order chi connectivity index (χ0) is 20.5. The maximum Gasteiger partial charge on any atom is 0.327 e. The highest BCUT2D eigenvalue weighted by atomic mass is 79.9. The van der Waals surface area contributed by atoms with Crippen molar-refractivity contribution in [3.63, 3.8) is 0 Å². The number of carbonyl (C=O) groups is 1. The number of esters is 1. The van der Waals surface area contributed by atoms with Crippen LogP contribution in [-0.2, 0) is 25.1 Å². The van der Waals surface area contributed by atoms with Gasteiger partial charge >= 0.3 is 5.97 Å². The molecule has 0 saturated carbocycles. The summed E-state index contributed by atoms with van der Waals surface area (Å²) in [7, 11) is -4.20. The van der Waals surface area contributed by atoms with Crippen molar-refractivity contribution < 1.29 is 17.9 Å². The molecule has 2 unspecified atom stereocenters. The first kappa shape index (κ1) is 19.9. The third-order valence-electron chi connectivity index (χ3n) is 4.44. The quantitative estimate of drug-likeness (QED) is 0.649. The van der Waals surface area contributed by atoms with Crippen LogP contribution in [0.25, 0.3) is 0 Å². The first-order valence-electron chi connectivity index (χ1n) is 8.22. The van der Waals surface area contributed by atoms with E-state index in [4.69, 9.17) is 4.74 Å². The molecule has 0 amide bonds.